The van der Waals surface area contributed by atoms with Crippen molar-refractivity contribution in [3.05, 3.63) is 38.4 Å². The van der Waals surface area contributed by atoms with E-state index in [0.717, 1.165) is 0 Å². The Hall–Kier alpha value is -0.490. The minimum atomic E-state index is 0.101. The lowest BCUT2D eigenvalue weighted by Gasteiger charge is -2.08. The predicted octanol–water partition coefficient (Wildman–Crippen LogP) is 4.46. The highest BCUT2D eigenvalue weighted by Gasteiger charge is 2.11. The summed E-state index contributed by atoms with van der Waals surface area (Å²) < 4.78 is 11.3. The molecular formula is C10H6BrCl3N2O2. The van der Waals surface area contributed by atoms with Crippen molar-refractivity contribution in [2.75, 3.05) is 0 Å². The largest absolute Gasteiger partial charge is 0.481 e. The molecule has 0 amide bonds. The first kappa shape index (κ1) is 13.9. The Morgan fingerprint density at radius 2 is 1.94 bits per heavy atom. The van der Waals surface area contributed by atoms with Crippen molar-refractivity contribution in [3.63, 3.8) is 0 Å². The molecule has 0 aliphatic carbocycles. The van der Waals surface area contributed by atoms with Gasteiger partial charge in [-0.1, -0.05) is 23.2 Å². The van der Waals surface area contributed by atoms with Gasteiger partial charge in [-0.3, -0.25) is 0 Å². The van der Waals surface area contributed by atoms with Gasteiger partial charge in [0, 0.05) is 5.02 Å². The summed E-state index contributed by atoms with van der Waals surface area (Å²) in [5, 5.41) is 8.39. The van der Waals surface area contributed by atoms with Crippen LogP contribution >= 0.6 is 50.7 Å². The molecule has 96 valence electrons. The Morgan fingerprint density at radius 1 is 1.22 bits per heavy atom. The third-order valence-electron chi connectivity index (χ3n) is 1.93. The quantitative estimate of drug-likeness (QED) is 0.744. The van der Waals surface area contributed by atoms with Crippen molar-refractivity contribution in [1.82, 2.24) is 10.2 Å². The number of nitrogens with zero attached hydrogens (tertiary/aromatic N) is 2. The highest BCUT2D eigenvalue weighted by Crippen LogP contribution is 2.36. The molecule has 2 rings (SSSR count). The molecule has 0 fully saturated rings. The second kappa shape index (κ2) is 6.10. The van der Waals surface area contributed by atoms with Gasteiger partial charge in [0.1, 0.15) is 5.88 Å². The fourth-order valence-corrected chi connectivity index (χ4v) is 2.68. The van der Waals surface area contributed by atoms with Gasteiger partial charge in [0.05, 0.1) is 9.50 Å². The smallest absolute Gasteiger partial charge is 0.253 e. The molecule has 1 aromatic heterocycles. The first-order valence-corrected chi connectivity index (χ1v) is 6.83. The van der Waals surface area contributed by atoms with Crippen LogP contribution < -0.4 is 4.74 Å². The maximum atomic E-state index is 6.01. The Morgan fingerprint density at radius 3 is 2.56 bits per heavy atom. The molecular weight excluding hydrogens is 366 g/mol. The number of rotatable bonds is 4. The molecule has 1 aromatic carbocycles. The summed E-state index contributed by atoms with van der Waals surface area (Å²) in [6.07, 6.45) is 0. The van der Waals surface area contributed by atoms with Crippen molar-refractivity contribution in [3.8, 4) is 5.75 Å². The maximum Gasteiger partial charge on any atom is 0.253 e. The lowest BCUT2D eigenvalue weighted by Crippen LogP contribution is -1.97. The van der Waals surface area contributed by atoms with E-state index < -0.39 is 0 Å². The molecule has 0 spiro atoms. The zero-order valence-electron chi connectivity index (χ0n) is 8.79. The van der Waals surface area contributed by atoms with Crippen LogP contribution in [0.15, 0.2) is 21.0 Å². The fourth-order valence-electron chi connectivity index (χ4n) is 1.20. The number of ether oxygens (including phenoxy) is 1. The van der Waals surface area contributed by atoms with E-state index in [1.54, 1.807) is 12.1 Å². The third kappa shape index (κ3) is 3.29. The predicted molar refractivity (Wildman–Crippen MR) is 72.3 cm³/mol. The van der Waals surface area contributed by atoms with Crippen LogP contribution in [-0.4, -0.2) is 10.2 Å². The van der Waals surface area contributed by atoms with Gasteiger partial charge in [0.2, 0.25) is 5.89 Å². The van der Waals surface area contributed by atoms with Crippen LogP contribution in [0.3, 0.4) is 0 Å². The minimum Gasteiger partial charge on any atom is -0.481 e. The SMILES string of the molecule is ClCc1nnc(COc2c(Cl)cc(Cl)cc2Br)o1. The zero-order valence-corrected chi connectivity index (χ0v) is 12.6. The molecule has 0 bridgehead atoms. The van der Waals surface area contributed by atoms with Crippen molar-refractivity contribution < 1.29 is 9.15 Å². The number of aromatic nitrogens is 2. The molecule has 18 heavy (non-hydrogen) atoms. The van der Waals surface area contributed by atoms with Crippen LogP contribution in [0.5, 0.6) is 5.75 Å². The Kier molecular flexibility index (Phi) is 4.72. The monoisotopic (exact) mass is 370 g/mol. The Balaban J connectivity index is 2.10. The molecule has 0 aliphatic heterocycles. The molecule has 0 saturated carbocycles. The average molecular weight is 372 g/mol. The highest BCUT2D eigenvalue weighted by atomic mass is 79.9. The Labute approximate surface area is 126 Å². The molecule has 4 nitrogen and oxygen atoms in total. The van der Waals surface area contributed by atoms with Crippen LogP contribution in [0.25, 0.3) is 0 Å². The fraction of sp³-hybridized carbons (Fsp3) is 0.200. The second-order valence-electron chi connectivity index (χ2n) is 3.21. The summed E-state index contributed by atoms with van der Waals surface area (Å²) in [5.74, 6) is 1.30. The highest BCUT2D eigenvalue weighted by molar-refractivity contribution is 9.10. The summed E-state index contributed by atoms with van der Waals surface area (Å²) in [6, 6.07) is 3.27. The normalized spacial score (nSPS) is 10.7. The van der Waals surface area contributed by atoms with Crippen LogP contribution in [0, 0.1) is 0 Å². The van der Waals surface area contributed by atoms with Gasteiger partial charge in [0.15, 0.2) is 12.4 Å². The van der Waals surface area contributed by atoms with Crippen molar-refractivity contribution >= 4 is 50.7 Å². The van der Waals surface area contributed by atoms with E-state index in [2.05, 4.69) is 26.1 Å². The van der Waals surface area contributed by atoms with Crippen LogP contribution in [-0.2, 0) is 12.5 Å². The maximum absolute atomic E-state index is 6.01. The van der Waals surface area contributed by atoms with Gasteiger partial charge in [-0.2, -0.15) is 0 Å². The summed E-state index contributed by atoms with van der Waals surface area (Å²) in [7, 11) is 0. The van der Waals surface area contributed by atoms with Gasteiger partial charge in [-0.25, -0.2) is 0 Å². The van der Waals surface area contributed by atoms with Crippen LogP contribution in [0.4, 0.5) is 0 Å². The van der Waals surface area contributed by atoms with Crippen LogP contribution in [0.1, 0.15) is 11.8 Å². The number of benzene rings is 1. The van der Waals surface area contributed by atoms with E-state index in [0.29, 0.717) is 32.0 Å². The van der Waals surface area contributed by atoms with Gasteiger partial charge in [-0.05, 0) is 28.1 Å². The van der Waals surface area contributed by atoms with E-state index >= 15 is 0 Å². The van der Waals surface area contributed by atoms with Gasteiger partial charge in [-0.15, -0.1) is 21.8 Å². The topological polar surface area (TPSA) is 48.2 Å². The molecule has 1 heterocycles. The number of alkyl halides is 1. The van der Waals surface area contributed by atoms with E-state index in [1.807, 2.05) is 0 Å². The second-order valence-corrected chi connectivity index (χ2v) is 5.18. The lowest BCUT2D eigenvalue weighted by molar-refractivity contribution is 0.259. The van der Waals surface area contributed by atoms with E-state index in [-0.39, 0.29) is 12.5 Å². The molecule has 0 atom stereocenters. The summed E-state index contributed by atoms with van der Waals surface area (Å²) >= 11 is 20.7. The number of hydrogen-bond acceptors (Lipinski definition) is 4. The molecule has 2 aromatic rings. The minimum absolute atomic E-state index is 0.101. The van der Waals surface area contributed by atoms with E-state index in [9.17, 15) is 0 Å². The number of halogens is 4. The summed E-state index contributed by atoms with van der Waals surface area (Å²) in [4.78, 5) is 0. The number of hydrogen-bond donors (Lipinski definition) is 0. The van der Waals surface area contributed by atoms with Crippen LogP contribution in [0.2, 0.25) is 10.0 Å². The lowest BCUT2D eigenvalue weighted by atomic mass is 10.3. The molecule has 0 saturated heterocycles. The van der Waals surface area contributed by atoms with Gasteiger partial charge < -0.3 is 9.15 Å². The Bertz CT molecular complexity index is 539. The van der Waals surface area contributed by atoms with Crippen molar-refractivity contribution in [2.24, 2.45) is 0 Å². The molecule has 0 N–H and O–H groups in total. The summed E-state index contributed by atoms with van der Waals surface area (Å²) in [5.41, 5.74) is 0. The molecule has 0 unspecified atom stereocenters. The van der Waals surface area contributed by atoms with Gasteiger partial charge >= 0.3 is 0 Å². The zero-order chi connectivity index (χ0) is 13.1. The van der Waals surface area contributed by atoms with Crippen molar-refractivity contribution in [2.45, 2.75) is 12.5 Å². The summed E-state index contributed by atoms with van der Waals surface area (Å²) in [6.45, 7) is 0.101. The van der Waals surface area contributed by atoms with E-state index in [1.165, 1.54) is 0 Å². The van der Waals surface area contributed by atoms with E-state index in [4.69, 9.17) is 44.0 Å². The molecule has 0 radical (unpaired) electrons. The van der Waals surface area contributed by atoms with Gasteiger partial charge in [0.25, 0.3) is 5.89 Å². The average Bonchev–Trinajstić information content (AvgIpc) is 2.75. The van der Waals surface area contributed by atoms with Crippen molar-refractivity contribution in [1.29, 1.82) is 0 Å². The standard InChI is InChI=1S/C10H6BrCl3N2O2/c11-6-1-5(13)2-7(14)10(6)17-4-9-16-15-8(3-12)18-9/h1-2H,3-4H2. The molecule has 8 heteroatoms. The first-order chi connectivity index (χ1) is 8.60. The molecule has 0 aliphatic rings. The first-order valence-electron chi connectivity index (χ1n) is 4.74. The third-order valence-corrected chi connectivity index (χ3v) is 3.24.